The number of esters is 1. The number of carbonyl (C=O) groups is 2. The van der Waals surface area contributed by atoms with Crippen LogP contribution in [0.4, 0.5) is 0 Å². The molecule has 0 N–H and O–H groups in total. The Hall–Kier alpha value is -2.79. The topological polar surface area (TPSA) is 61.8 Å². The molecule has 3 rings (SSSR count). The zero-order valence-corrected chi connectivity index (χ0v) is 14.9. The van der Waals surface area contributed by atoms with Crippen LogP contribution in [0.15, 0.2) is 48.5 Å². The van der Waals surface area contributed by atoms with Gasteiger partial charge in [-0.1, -0.05) is 17.7 Å². The van der Waals surface area contributed by atoms with Gasteiger partial charge in [0.15, 0.2) is 17.6 Å². The molecule has 1 atom stereocenters. The van der Waals surface area contributed by atoms with Gasteiger partial charge in [0.1, 0.15) is 13.2 Å². The Kier molecular flexibility index (Phi) is 5.58. The van der Waals surface area contributed by atoms with Gasteiger partial charge in [-0.3, -0.25) is 4.79 Å². The Morgan fingerprint density at radius 1 is 1.08 bits per heavy atom. The molecule has 0 saturated carbocycles. The van der Waals surface area contributed by atoms with Crippen molar-refractivity contribution >= 4 is 29.4 Å². The van der Waals surface area contributed by atoms with Crippen LogP contribution in [-0.4, -0.2) is 31.1 Å². The summed E-state index contributed by atoms with van der Waals surface area (Å²) in [6.45, 7) is 2.55. The predicted molar refractivity (Wildman–Crippen MR) is 97.8 cm³/mol. The quantitative estimate of drug-likeness (QED) is 0.452. The standard InChI is InChI=1S/C20H17ClO5/c1-13(20(23)15-4-6-16(21)7-5-15)26-19(22)9-3-14-2-8-17-18(12-14)25-11-10-24-17/h2-9,12-13H,10-11H2,1H3/b9-3+/t13-/m0/s1. The highest BCUT2D eigenvalue weighted by atomic mass is 35.5. The molecule has 2 aromatic rings. The minimum atomic E-state index is -0.895. The molecule has 0 aromatic heterocycles. The molecule has 0 unspecified atom stereocenters. The van der Waals surface area contributed by atoms with E-state index in [1.807, 2.05) is 0 Å². The molecule has 0 amide bonds. The summed E-state index contributed by atoms with van der Waals surface area (Å²) in [6.07, 6.45) is 1.98. The predicted octanol–water partition coefficient (Wildman–Crippen LogP) is 3.94. The second-order valence-corrected chi connectivity index (χ2v) is 6.12. The Bertz CT molecular complexity index is 842. The summed E-state index contributed by atoms with van der Waals surface area (Å²) in [5, 5.41) is 0.536. The van der Waals surface area contributed by atoms with Crippen LogP contribution in [0.5, 0.6) is 11.5 Å². The number of ether oxygens (including phenoxy) is 3. The van der Waals surface area contributed by atoms with Crippen molar-refractivity contribution in [2.75, 3.05) is 13.2 Å². The van der Waals surface area contributed by atoms with E-state index in [0.29, 0.717) is 35.3 Å². The molecular weight excluding hydrogens is 356 g/mol. The lowest BCUT2D eigenvalue weighted by Gasteiger charge is -2.18. The number of carbonyl (C=O) groups excluding carboxylic acids is 2. The first kappa shape index (κ1) is 18.0. The number of Topliss-reactive ketones (excluding diaryl/α,β-unsaturated/α-hetero) is 1. The van der Waals surface area contributed by atoms with E-state index in [9.17, 15) is 9.59 Å². The van der Waals surface area contributed by atoms with Crippen LogP contribution >= 0.6 is 11.6 Å². The van der Waals surface area contributed by atoms with Gasteiger partial charge in [-0.25, -0.2) is 4.79 Å². The van der Waals surface area contributed by atoms with E-state index in [0.717, 1.165) is 5.56 Å². The van der Waals surface area contributed by atoms with Gasteiger partial charge in [0.25, 0.3) is 0 Å². The average Bonchev–Trinajstić information content (AvgIpc) is 2.66. The van der Waals surface area contributed by atoms with E-state index in [2.05, 4.69) is 0 Å². The summed E-state index contributed by atoms with van der Waals surface area (Å²) in [5.41, 5.74) is 1.20. The van der Waals surface area contributed by atoms with E-state index in [1.165, 1.54) is 13.0 Å². The molecular formula is C20H17ClO5. The molecule has 1 aliphatic rings. The lowest BCUT2D eigenvalue weighted by Crippen LogP contribution is -2.23. The summed E-state index contributed by atoms with van der Waals surface area (Å²) in [5.74, 6) is 0.425. The molecule has 0 fully saturated rings. The Labute approximate surface area is 156 Å². The van der Waals surface area contributed by atoms with Crippen LogP contribution < -0.4 is 9.47 Å². The van der Waals surface area contributed by atoms with Gasteiger partial charge in [0.2, 0.25) is 5.78 Å². The number of benzene rings is 2. The molecule has 0 aliphatic carbocycles. The highest BCUT2D eigenvalue weighted by molar-refractivity contribution is 6.30. The molecule has 0 radical (unpaired) electrons. The van der Waals surface area contributed by atoms with E-state index in [-0.39, 0.29) is 5.78 Å². The van der Waals surface area contributed by atoms with Crippen LogP contribution in [0.3, 0.4) is 0 Å². The smallest absolute Gasteiger partial charge is 0.331 e. The van der Waals surface area contributed by atoms with Gasteiger partial charge in [0, 0.05) is 16.7 Å². The lowest BCUT2D eigenvalue weighted by molar-refractivity contribution is -0.140. The highest BCUT2D eigenvalue weighted by Gasteiger charge is 2.18. The van der Waals surface area contributed by atoms with Gasteiger partial charge >= 0.3 is 5.97 Å². The third kappa shape index (κ3) is 4.43. The fraction of sp³-hybridized carbons (Fsp3) is 0.200. The zero-order chi connectivity index (χ0) is 18.5. The SMILES string of the molecule is C[C@H](OC(=O)/C=C/c1ccc2c(c1)OCCO2)C(=O)c1ccc(Cl)cc1. The van der Waals surface area contributed by atoms with Gasteiger partial charge in [0.05, 0.1) is 0 Å². The lowest BCUT2D eigenvalue weighted by atomic mass is 10.1. The maximum atomic E-state index is 12.3. The fourth-order valence-electron chi connectivity index (χ4n) is 2.44. The minimum Gasteiger partial charge on any atom is -0.486 e. The monoisotopic (exact) mass is 372 g/mol. The minimum absolute atomic E-state index is 0.289. The summed E-state index contributed by atoms with van der Waals surface area (Å²) >= 11 is 5.80. The van der Waals surface area contributed by atoms with Crippen LogP contribution in [0.25, 0.3) is 6.08 Å². The number of rotatable bonds is 5. The highest BCUT2D eigenvalue weighted by Crippen LogP contribution is 2.31. The van der Waals surface area contributed by atoms with E-state index in [4.69, 9.17) is 25.8 Å². The second-order valence-electron chi connectivity index (χ2n) is 5.69. The third-order valence-corrected chi connectivity index (χ3v) is 4.02. The Morgan fingerprint density at radius 3 is 2.50 bits per heavy atom. The maximum Gasteiger partial charge on any atom is 0.331 e. The normalized spacial score (nSPS) is 14.1. The first-order chi connectivity index (χ1) is 12.5. The van der Waals surface area contributed by atoms with Crippen molar-refractivity contribution in [1.82, 2.24) is 0 Å². The largest absolute Gasteiger partial charge is 0.486 e. The van der Waals surface area contributed by atoms with Crippen molar-refractivity contribution < 1.29 is 23.8 Å². The van der Waals surface area contributed by atoms with Crippen molar-refractivity contribution in [2.24, 2.45) is 0 Å². The molecule has 0 spiro atoms. The van der Waals surface area contributed by atoms with Crippen LogP contribution in [0.1, 0.15) is 22.8 Å². The van der Waals surface area contributed by atoms with Crippen LogP contribution in [-0.2, 0) is 9.53 Å². The first-order valence-electron chi connectivity index (χ1n) is 8.11. The molecule has 1 aliphatic heterocycles. The summed E-state index contributed by atoms with van der Waals surface area (Å²) in [7, 11) is 0. The average molecular weight is 373 g/mol. The third-order valence-electron chi connectivity index (χ3n) is 3.77. The molecule has 1 heterocycles. The van der Waals surface area contributed by atoms with Gasteiger partial charge in [-0.2, -0.15) is 0 Å². The number of halogens is 1. The molecule has 26 heavy (non-hydrogen) atoms. The van der Waals surface area contributed by atoms with E-state index in [1.54, 1.807) is 48.5 Å². The molecule has 134 valence electrons. The molecule has 2 aromatic carbocycles. The number of fused-ring (bicyclic) bond motifs is 1. The maximum absolute atomic E-state index is 12.3. The molecule has 6 heteroatoms. The van der Waals surface area contributed by atoms with Crippen molar-refractivity contribution in [2.45, 2.75) is 13.0 Å². The Morgan fingerprint density at radius 2 is 1.77 bits per heavy atom. The van der Waals surface area contributed by atoms with E-state index < -0.39 is 12.1 Å². The van der Waals surface area contributed by atoms with E-state index >= 15 is 0 Å². The zero-order valence-electron chi connectivity index (χ0n) is 14.1. The number of ketones is 1. The first-order valence-corrected chi connectivity index (χ1v) is 8.49. The summed E-state index contributed by atoms with van der Waals surface area (Å²) in [6, 6.07) is 11.8. The molecule has 0 bridgehead atoms. The van der Waals surface area contributed by atoms with Crippen molar-refractivity contribution in [1.29, 1.82) is 0 Å². The van der Waals surface area contributed by atoms with Crippen LogP contribution in [0, 0.1) is 0 Å². The Balaban J connectivity index is 1.60. The summed E-state index contributed by atoms with van der Waals surface area (Å²) in [4.78, 5) is 24.2. The molecule has 5 nitrogen and oxygen atoms in total. The fourth-order valence-corrected chi connectivity index (χ4v) is 2.57. The molecule has 0 saturated heterocycles. The van der Waals surface area contributed by atoms with Crippen molar-refractivity contribution in [3.63, 3.8) is 0 Å². The summed E-state index contributed by atoms with van der Waals surface area (Å²) < 4.78 is 16.1. The van der Waals surface area contributed by atoms with Gasteiger partial charge in [-0.15, -0.1) is 0 Å². The van der Waals surface area contributed by atoms with Crippen molar-refractivity contribution in [3.8, 4) is 11.5 Å². The van der Waals surface area contributed by atoms with Gasteiger partial charge in [-0.05, 0) is 55.0 Å². The van der Waals surface area contributed by atoms with Crippen molar-refractivity contribution in [3.05, 3.63) is 64.7 Å². The second kappa shape index (κ2) is 8.06. The van der Waals surface area contributed by atoms with Gasteiger partial charge < -0.3 is 14.2 Å². The number of hydrogen-bond acceptors (Lipinski definition) is 5. The number of hydrogen-bond donors (Lipinski definition) is 0. The van der Waals surface area contributed by atoms with Crippen LogP contribution in [0.2, 0.25) is 5.02 Å².